The number of nitrogens with one attached hydrogen (secondary N) is 1. The molecule has 1 aromatic heterocycles. The van der Waals surface area contributed by atoms with Gasteiger partial charge in [0, 0.05) is 12.8 Å². The fraction of sp³-hybridized carbons (Fsp3) is 0.750. The first kappa shape index (κ1) is 16.6. The molecule has 0 spiro atoms. The molecule has 0 unspecified atom stereocenters. The highest BCUT2D eigenvalue weighted by Crippen LogP contribution is 2.25. The Morgan fingerprint density at radius 2 is 2.06 bits per heavy atom. The Hall–Kier alpha value is -0.420. The van der Waals surface area contributed by atoms with Gasteiger partial charge in [0.2, 0.25) is 0 Å². The van der Waals surface area contributed by atoms with Crippen LogP contribution in [0.4, 0.5) is 4.39 Å². The maximum atomic E-state index is 9.50. The van der Waals surface area contributed by atoms with E-state index in [1.165, 1.54) is 32.1 Å². The molecule has 1 fully saturated rings. The van der Waals surface area contributed by atoms with Gasteiger partial charge in [-0.1, -0.05) is 32.1 Å². The van der Waals surface area contributed by atoms with E-state index in [9.17, 15) is 4.39 Å². The number of hydrogen-bond donors (Lipinski definition) is 2. The average molecular weight is 309 g/mol. The molecule has 1 aliphatic carbocycles. The van der Waals surface area contributed by atoms with Gasteiger partial charge in [-0.2, -0.15) is 5.10 Å². The number of rotatable bonds is 2. The molecule has 5 heteroatoms. The maximum Gasteiger partial charge on any atom is 0.0785 e. The largest absolute Gasteiger partial charge is 0.396 e. The third kappa shape index (κ3) is 9.30. The number of aromatic amines is 1. The minimum absolute atomic E-state index is 0.394. The molecule has 2 N–H and O–H groups in total. The zero-order valence-electron chi connectivity index (χ0n) is 10.3. The first-order chi connectivity index (χ1) is 8.33. The molecule has 3 nitrogen and oxygen atoms in total. The molecule has 0 aromatic carbocycles. The van der Waals surface area contributed by atoms with Crippen LogP contribution in [0.3, 0.4) is 0 Å². The van der Waals surface area contributed by atoms with Crippen molar-refractivity contribution in [1.82, 2.24) is 10.2 Å². The predicted octanol–water partition coefficient (Wildman–Crippen LogP) is 3.71. The van der Waals surface area contributed by atoms with Crippen molar-refractivity contribution in [3.63, 3.8) is 0 Å². The van der Waals surface area contributed by atoms with Crippen molar-refractivity contribution in [1.29, 1.82) is 0 Å². The lowest BCUT2D eigenvalue weighted by molar-refractivity contribution is 0.230. The van der Waals surface area contributed by atoms with E-state index in [-0.39, 0.29) is 0 Å². The van der Waals surface area contributed by atoms with Crippen LogP contribution in [0.5, 0.6) is 0 Å². The summed E-state index contributed by atoms with van der Waals surface area (Å²) in [6, 6.07) is 0. The number of hydrogen-bond acceptors (Lipinski definition) is 2. The van der Waals surface area contributed by atoms with Crippen molar-refractivity contribution < 1.29 is 9.50 Å². The second-order valence-corrected chi connectivity index (χ2v) is 4.85. The second kappa shape index (κ2) is 12.0. The molecule has 1 aromatic rings. The second-order valence-electron chi connectivity index (χ2n) is 3.93. The molecule has 0 bridgehead atoms. The van der Waals surface area contributed by atoms with Crippen molar-refractivity contribution in [3.8, 4) is 0 Å². The van der Waals surface area contributed by atoms with Gasteiger partial charge < -0.3 is 5.11 Å². The maximum absolute atomic E-state index is 9.50. The van der Waals surface area contributed by atoms with Gasteiger partial charge in [0.1, 0.15) is 0 Å². The van der Waals surface area contributed by atoms with E-state index in [0.29, 0.717) is 13.8 Å². The van der Waals surface area contributed by atoms with Gasteiger partial charge in [-0.15, -0.1) is 0 Å². The summed E-state index contributed by atoms with van der Waals surface area (Å²) in [4.78, 5) is 0. The lowest BCUT2D eigenvalue weighted by Gasteiger charge is -2.19. The lowest BCUT2D eigenvalue weighted by Crippen LogP contribution is -2.07. The van der Waals surface area contributed by atoms with Gasteiger partial charge in [-0.25, -0.2) is 0 Å². The lowest BCUT2D eigenvalue weighted by atomic mass is 9.87. The number of aromatic nitrogens is 2. The molecule has 100 valence electrons. The molecular weight excluding hydrogens is 287 g/mol. The van der Waals surface area contributed by atoms with E-state index in [1.807, 2.05) is 0 Å². The number of H-pyrrole nitrogens is 1. The molecule has 0 radical (unpaired) electrons. The van der Waals surface area contributed by atoms with Gasteiger partial charge in [-0.05, 0) is 28.3 Å². The van der Waals surface area contributed by atoms with Crippen molar-refractivity contribution in [2.24, 2.45) is 5.92 Å². The number of alkyl halides is 1. The standard InChI is InChI=1S/C8H16O.C3H3BrN2.CH3F/c9-7-6-8-4-2-1-3-5-8;4-3-1-5-6-2-3;1-2/h8-9H,1-7H2;1-2H,(H,5,6);1H3. The van der Waals surface area contributed by atoms with Crippen molar-refractivity contribution in [3.05, 3.63) is 16.9 Å². The Balaban J connectivity index is 0.000000278. The minimum Gasteiger partial charge on any atom is -0.396 e. The summed E-state index contributed by atoms with van der Waals surface area (Å²) >= 11 is 3.19. The summed E-state index contributed by atoms with van der Waals surface area (Å²) in [6.07, 6.45) is 11.4. The SMILES string of the molecule is Brc1cn[nH]c1.CF.OCCC1CCCCC1. The smallest absolute Gasteiger partial charge is 0.0785 e. The molecule has 1 saturated carbocycles. The van der Waals surface area contributed by atoms with E-state index in [4.69, 9.17) is 5.11 Å². The molecule has 0 saturated heterocycles. The normalized spacial score (nSPS) is 15.3. The van der Waals surface area contributed by atoms with Crippen LogP contribution in [0.1, 0.15) is 38.5 Å². The number of aliphatic hydroxyl groups excluding tert-OH is 1. The zero-order chi connectivity index (χ0) is 12.9. The predicted molar refractivity (Wildman–Crippen MR) is 71.6 cm³/mol. The van der Waals surface area contributed by atoms with Gasteiger partial charge in [0.15, 0.2) is 0 Å². The van der Waals surface area contributed by atoms with Crippen molar-refractivity contribution in [2.45, 2.75) is 38.5 Å². The molecule has 1 heterocycles. The zero-order valence-corrected chi connectivity index (χ0v) is 11.9. The quantitative estimate of drug-likeness (QED) is 0.875. The third-order valence-corrected chi connectivity index (χ3v) is 3.16. The Morgan fingerprint density at radius 1 is 1.41 bits per heavy atom. The Bertz CT molecular complexity index is 236. The molecule has 17 heavy (non-hydrogen) atoms. The van der Waals surface area contributed by atoms with E-state index in [1.54, 1.807) is 12.4 Å². The number of aliphatic hydroxyl groups is 1. The fourth-order valence-corrected chi connectivity index (χ4v) is 2.10. The monoisotopic (exact) mass is 308 g/mol. The van der Waals surface area contributed by atoms with Crippen molar-refractivity contribution in [2.75, 3.05) is 13.8 Å². The topological polar surface area (TPSA) is 48.9 Å². The third-order valence-electron chi connectivity index (χ3n) is 2.73. The summed E-state index contributed by atoms with van der Waals surface area (Å²) in [5.41, 5.74) is 0. The molecule has 0 amide bonds. The van der Waals surface area contributed by atoms with Crippen LogP contribution >= 0.6 is 15.9 Å². The highest BCUT2D eigenvalue weighted by Gasteiger charge is 2.11. The first-order valence-corrected chi connectivity index (χ1v) is 6.75. The van der Waals surface area contributed by atoms with Gasteiger partial charge in [0.05, 0.1) is 17.8 Å². The molecule has 0 atom stereocenters. The average Bonchev–Trinajstić information content (AvgIpc) is 2.85. The fourth-order valence-electron chi connectivity index (χ4n) is 1.89. The van der Waals surface area contributed by atoms with E-state index in [2.05, 4.69) is 26.1 Å². The van der Waals surface area contributed by atoms with Gasteiger partial charge in [-0.3, -0.25) is 9.49 Å². The molecule has 1 aliphatic rings. The number of nitrogens with zero attached hydrogens (tertiary/aromatic N) is 1. The van der Waals surface area contributed by atoms with Crippen LogP contribution in [0.15, 0.2) is 16.9 Å². The van der Waals surface area contributed by atoms with Crippen LogP contribution in [0, 0.1) is 5.92 Å². The molecule has 2 rings (SSSR count). The Kier molecular flexibility index (Phi) is 11.8. The van der Waals surface area contributed by atoms with Crippen LogP contribution in [0.2, 0.25) is 0 Å². The summed E-state index contributed by atoms with van der Waals surface area (Å²) < 4.78 is 10.5. The van der Waals surface area contributed by atoms with Crippen LogP contribution in [0.25, 0.3) is 0 Å². The van der Waals surface area contributed by atoms with E-state index < -0.39 is 0 Å². The Morgan fingerprint density at radius 3 is 2.41 bits per heavy atom. The Labute approximate surface area is 111 Å². The molecule has 0 aliphatic heterocycles. The van der Waals surface area contributed by atoms with Crippen LogP contribution in [-0.4, -0.2) is 29.1 Å². The van der Waals surface area contributed by atoms with Crippen molar-refractivity contribution >= 4 is 15.9 Å². The van der Waals surface area contributed by atoms with Crippen LogP contribution in [-0.2, 0) is 0 Å². The summed E-state index contributed by atoms with van der Waals surface area (Å²) in [5, 5.41) is 14.9. The molecular formula is C12H22BrFN2O. The van der Waals surface area contributed by atoms with Gasteiger partial charge in [0.25, 0.3) is 0 Å². The van der Waals surface area contributed by atoms with E-state index in [0.717, 1.165) is 16.8 Å². The van der Waals surface area contributed by atoms with Gasteiger partial charge >= 0.3 is 0 Å². The minimum atomic E-state index is 0.394. The van der Waals surface area contributed by atoms with E-state index >= 15 is 0 Å². The number of halogens is 2. The summed E-state index contributed by atoms with van der Waals surface area (Å²) in [7, 11) is 0.500. The summed E-state index contributed by atoms with van der Waals surface area (Å²) in [5.74, 6) is 0.851. The van der Waals surface area contributed by atoms with Crippen LogP contribution < -0.4 is 0 Å². The first-order valence-electron chi connectivity index (χ1n) is 5.96. The highest BCUT2D eigenvalue weighted by molar-refractivity contribution is 9.10. The summed E-state index contributed by atoms with van der Waals surface area (Å²) in [6.45, 7) is 0.394. The highest BCUT2D eigenvalue weighted by atomic mass is 79.9.